The van der Waals surface area contributed by atoms with Gasteiger partial charge >= 0.3 is 0 Å². The second kappa shape index (κ2) is 6.53. The van der Waals surface area contributed by atoms with Gasteiger partial charge in [0.2, 0.25) is 5.91 Å². The molecule has 0 aliphatic carbocycles. The summed E-state index contributed by atoms with van der Waals surface area (Å²) in [6.45, 7) is 9.03. The van der Waals surface area contributed by atoms with E-state index in [0.29, 0.717) is 12.0 Å². The Morgan fingerprint density at radius 3 is 2.67 bits per heavy atom. The average molecular weight is 255 g/mol. The highest BCUT2D eigenvalue weighted by Crippen LogP contribution is 2.31. The fourth-order valence-electron chi connectivity index (χ4n) is 2.30. The third-order valence-electron chi connectivity index (χ3n) is 4.34. The van der Waals surface area contributed by atoms with Gasteiger partial charge in [-0.2, -0.15) is 0 Å². The largest absolute Gasteiger partial charge is 0.354 e. The molecule has 0 aromatic carbocycles. The summed E-state index contributed by atoms with van der Waals surface area (Å²) in [6.07, 6.45) is 2.33. The molecule has 2 atom stereocenters. The molecule has 0 spiro atoms. The molecule has 1 heterocycles. The molecule has 106 valence electrons. The number of hydrogen-bond acceptors (Lipinski definition) is 3. The molecule has 2 N–H and O–H groups in total. The predicted molar refractivity (Wildman–Crippen MR) is 75.5 cm³/mol. The topological polar surface area (TPSA) is 44.4 Å². The van der Waals surface area contributed by atoms with Crippen LogP contribution in [0.4, 0.5) is 0 Å². The average Bonchev–Trinajstić information content (AvgIpc) is 2.36. The zero-order valence-corrected chi connectivity index (χ0v) is 12.5. The standard InChI is InChI=1S/C14H29N3O/c1-11(17(4)5)9-16-13(18)14(2,3)12-7-6-8-15-10-12/h11-12,15H,6-10H2,1-5H3,(H,16,18). The number of rotatable bonds is 5. The number of hydrogen-bond donors (Lipinski definition) is 2. The first-order valence-electron chi connectivity index (χ1n) is 7.01. The Hall–Kier alpha value is -0.610. The molecule has 0 radical (unpaired) electrons. The second-order valence-corrected chi connectivity index (χ2v) is 6.29. The Morgan fingerprint density at radius 1 is 1.50 bits per heavy atom. The maximum Gasteiger partial charge on any atom is 0.226 e. The van der Waals surface area contributed by atoms with E-state index in [1.54, 1.807) is 0 Å². The van der Waals surface area contributed by atoms with Gasteiger partial charge in [0.15, 0.2) is 0 Å². The molecule has 0 aromatic rings. The van der Waals surface area contributed by atoms with E-state index < -0.39 is 0 Å². The zero-order chi connectivity index (χ0) is 13.8. The van der Waals surface area contributed by atoms with Crippen molar-refractivity contribution < 1.29 is 4.79 Å². The van der Waals surface area contributed by atoms with Gasteiger partial charge in [-0.3, -0.25) is 4.79 Å². The van der Waals surface area contributed by atoms with Gasteiger partial charge in [-0.15, -0.1) is 0 Å². The van der Waals surface area contributed by atoms with Crippen LogP contribution < -0.4 is 10.6 Å². The molecular weight excluding hydrogens is 226 g/mol. The van der Waals surface area contributed by atoms with Gasteiger partial charge in [0.1, 0.15) is 0 Å². The summed E-state index contributed by atoms with van der Waals surface area (Å²) >= 11 is 0. The van der Waals surface area contributed by atoms with E-state index in [1.807, 2.05) is 14.1 Å². The summed E-state index contributed by atoms with van der Waals surface area (Å²) in [4.78, 5) is 14.5. The fourth-order valence-corrected chi connectivity index (χ4v) is 2.30. The van der Waals surface area contributed by atoms with Gasteiger partial charge in [-0.25, -0.2) is 0 Å². The highest BCUT2D eigenvalue weighted by Gasteiger charge is 2.37. The van der Waals surface area contributed by atoms with Crippen LogP contribution in [0.5, 0.6) is 0 Å². The molecule has 1 aliphatic rings. The Morgan fingerprint density at radius 2 is 2.17 bits per heavy atom. The summed E-state index contributed by atoms with van der Waals surface area (Å²) in [7, 11) is 4.07. The van der Waals surface area contributed by atoms with Gasteiger partial charge in [-0.1, -0.05) is 13.8 Å². The van der Waals surface area contributed by atoms with Gasteiger partial charge in [0.25, 0.3) is 0 Å². The molecule has 4 nitrogen and oxygen atoms in total. The molecule has 4 heteroatoms. The van der Waals surface area contributed by atoms with E-state index >= 15 is 0 Å². The van der Waals surface area contributed by atoms with Crippen LogP contribution in [0.2, 0.25) is 0 Å². The van der Waals surface area contributed by atoms with Crippen molar-refractivity contribution in [2.24, 2.45) is 11.3 Å². The first kappa shape index (κ1) is 15.4. The van der Waals surface area contributed by atoms with Crippen molar-refractivity contribution in [3.63, 3.8) is 0 Å². The van der Waals surface area contributed by atoms with Crippen molar-refractivity contribution in [2.45, 2.75) is 39.7 Å². The molecule has 1 rings (SSSR count). The molecule has 1 amide bonds. The van der Waals surface area contributed by atoms with Crippen LogP contribution in [0.15, 0.2) is 0 Å². The minimum Gasteiger partial charge on any atom is -0.354 e. The van der Waals surface area contributed by atoms with E-state index in [9.17, 15) is 4.79 Å². The van der Waals surface area contributed by atoms with Gasteiger partial charge in [0, 0.05) is 18.0 Å². The Labute approximate surface area is 111 Å². The van der Waals surface area contributed by atoms with Crippen LogP contribution in [-0.2, 0) is 4.79 Å². The summed E-state index contributed by atoms with van der Waals surface area (Å²) in [5, 5.41) is 6.48. The normalized spacial score (nSPS) is 22.9. The molecule has 2 unspecified atom stereocenters. The van der Waals surface area contributed by atoms with Gasteiger partial charge in [0.05, 0.1) is 0 Å². The minimum atomic E-state index is -0.278. The minimum absolute atomic E-state index is 0.185. The molecule has 0 aromatic heterocycles. The highest BCUT2D eigenvalue weighted by atomic mass is 16.2. The number of amides is 1. The van der Waals surface area contributed by atoms with E-state index in [0.717, 1.165) is 26.1 Å². The zero-order valence-electron chi connectivity index (χ0n) is 12.5. The fraction of sp³-hybridized carbons (Fsp3) is 0.929. The third-order valence-corrected chi connectivity index (χ3v) is 4.34. The van der Waals surface area contributed by atoms with Crippen LogP contribution in [0, 0.1) is 11.3 Å². The van der Waals surface area contributed by atoms with Crippen LogP contribution in [-0.4, -0.2) is 50.6 Å². The van der Waals surface area contributed by atoms with Crippen molar-refractivity contribution in [3.8, 4) is 0 Å². The van der Waals surface area contributed by atoms with E-state index in [-0.39, 0.29) is 11.3 Å². The smallest absolute Gasteiger partial charge is 0.226 e. The lowest BCUT2D eigenvalue weighted by atomic mass is 9.74. The maximum absolute atomic E-state index is 12.3. The Balaban J connectivity index is 2.48. The summed E-state index contributed by atoms with van der Waals surface area (Å²) in [5.74, 6) is 0.630. The number of nitrogens with one attached hydrogen (secondary N) is 2. The number of carbonyl (C=O) groups excluding carboxylic acids is 1. The summed E-state index contributed by atoms with van der Waals surface area (Å²) in [6, 6.07) is 0.370. The van der Waals surface area contributed by atoms with Crippen LogP contribution >= 0.6 is 0 Å². The van der Waals surface area contributed by atoms with E-state index in [1.165, 1.54) is 6.42 Å². The molecule has 1 fully saturated rings. The van der Waals surface area contributed by atoms with Crippen molar-refractivity contribution in [2.75, 3.05) is 33.7 Å². The summed E-state index contributed by atoms with van der Waals surface area (Å²) < 4.78 is 0. The van der Waals surface area contributed by atoms with Crippen molar-refractivity contribution in [1.82, 2.24) is 15.5 Å². The third kappa shape index (κ3) is 3.95. The van der Waals surface area contributed by atoms with Crippen molar-refractivity contribution in [3.05, 3.63) is 0 Å². The van der Waals surface area contributed by atoms with Crippen LogP contribution in [0.1, 0.15) is 33.6 Å². The molecular formula is C14H29N3O. The van der Waals surface area contributed by atoms with Crippen molar-refractivity contribution in [1.29, 1.82) is 0 Å². The molecule has 0 bridgehead atoms. The quantitative estimate of drug-likeness (QED) is 0.772. The van der Waals surface area contributed by atoms with Gasteiger partial charge in [-0.05, 0) is 52.9 Å². The monoisotopic (exact) mass is 255 g/mol. The first-order chi connectivity index (χ1) is 8.35. The van der Waals surface area contributed by atoms with Crippen molar-refractivity contribution >= 4 is 5.91 Å². The number of nitrogens with zero attached hydrogens (tertiary/aromatic N) is 1. The van der Waals surface area contributed by atoms with E-state index in [4.69, 9.17) is 0 Å². The number of carbonyl (C=O) groups is 1. The Bertz CT molecular complexity index is 270. The molecule has 1 saturated heterocycles. The first-order valence-corrected chi connectivity index (χ1v) is 7.01. The second-order valence-electron chi connectivity index (χ2n) is 6.29. The lowest BCUT2D eigenvalue weighted by molar-refractivity contribution is -0.132. The molecule has 0 saturated carbocycles. The summed E-state index contributed by atoms with van der Waals surface area (Å²) in [5.41, 5.74) is -0.278. The Kier molecular flexibility index (Phi) is 5.60. The van der Waals surface area contributed by atoms with Gasteiger partial charge < -0.3 is 15.5 Å². The molecule has 1 aliphatic heterocycles. The maximum atomic E-state index is 12.3. The number of piperidine rings is 1. The lowest BCUT2D eigenvalue weighted by Crippen LogP contribution is -2.49. The highest BCUT2D eigenvalue weighted by molar-refractivity contribution is 5.82. The SMILES string of the molecule is CC(CNC(=O)C(C)(C)C1CCCNC1)N(C)C. The van der Waals surface area contributed by atoms with Crippen LogP contribution in [0.3, 0.4) is 0 Å². The number of likely N-dealkylation sites (N-methyl/N-ethyl adjacent to an activating group) is 1. The molecule has 18 heavy (non-hydrogen) atoms. The lowest BCUT2D eigenvalue weighted by Gasteiger charge is -2.36. The predicted octanol–water partition coefficient (Wildman–Crippen LogP) is 1.08. The van der Waals surface area contributed by atoms with Crippen LogP contribution in [0.25, 0.3) is 0 Å². The van der Waals surface area contributed by atoms with E-state index in [2.05, 4.69) is 36.3 Å².